The van der Waals surface area contributed by atoms with Crippen LogP contribution >= 0.6 is 11.6 Å². The van der Waals surface area contributed by atoms with Crippen LogP contribution in [0.2, 0.25) is 5.02 Å². The van der Waals surface area contributed by atoms with Gasteiger partial charge in [0.25, 0.3) is 27.5 Å². The first-order valence-corrected chi connectivity index (χ1v) is 30.5. The van der Waals surface area contributed by atoms with Gasteiger partial charge in [-0.2, -0.15) is 0 Å². The summed E-state index contributed by atoms with van der Waals surface area (Å²) in [5.74, 6) is 4.44. The fourth-order valence-corrected chi connectivity index (χ4v) is 13.1. The Bertz CT molecular complexity index is 3860. The molecule has 22 heteroatoms. The molecule has 3 fully saturated rings. The number of hydrogen-bond donors (Lipinski definition) is 4. The summed E-state index contributed by atoms with van der Waals surface area (Å²) in [4.78, 5) is 91.5. The van der Waals surface area contributed by atoms with Crippen molar-refractivity contribution in [2.24, 2.45) is 11.3 Å². The molecule has 4 N–H and O–H groups in total. The first-order chi connectivity index (χ1) is 40.8. The number of rotatable bonds is 16. The van der Waals surface area contributed by atoms with Crippen LogP contribution in [0.3, 0.4) is 0 Å². The van der Waals surface area contributed by atoms with E-state index >= 15 is 0 Å². The maximum absolute atomic E-state index is 14.2. The van der Waals surface area contributed by atoms with Gasteiger partial charge in [0.15, 0.2) is 0 Å². The van der Waals surface area contributed by atoms with E-state index in [-0.39, 0.29) is 78.3 Å². The van der Waals surface area contributed by atoms with Crippen LogP contribution in [0.5, 0.6) is 11.5 Å². The summed E-state index contributed by atoms with van der Waals surface area (Å²) in [5.41, 5.74) is 6.99. The van der Waals surface area contributed by atoms with Crippen LogP contribution in [0.1, 0.15) is 109 Å². The number of H-pyrrole nitrogens is 1. The third-order valence-corrected chi connectivity index (χ3v) is 18.4. The number of piperidine rings is 2. The average molecular weight is 1190 g/mol. The van der Waals surface area contributed by atoms with E-state index in [1.807, 2.05) is 18.2 Å². The summed E-state index contributed by atoms with van der Waals surface area (Å²) in [6.07, 6.45) is 8.50. The Morgan fingerprint density at radius 3 is 2.48 bits per heavy atom. The maximum Gasteiger partial charge on any atom is 0.293 e. The normalized spacial score (nSPS) is 18.4. The molecule has 1 aliphatic carbocycles. The molecule has 0 bridgehead atoms. The van der Waals surface area contributed by atoms with Crippen LogP contribution in [0.25, 0.3) is 16.6 Å². The fourth-order valence-electron chi connectivity index (χ4n) is 12.0. The minimum absolute atomic E-state index is 0.0499. The molecule has 0 saturated carbocycles. The monoisotopic (exact) mass is 1190 g/mol. The zero-order valence-corrected chi connectivity index (χ0v) is 48.8. The van der Waals surface area contributed by atoms with Crippen LogP contribution in [0.15, 0.2) is 114 Å². The molecule has 20 nitrogen and oxygen atoms in total. The van der Waals surface area contributed by atoms with E-state index < -0.39 is 43.4 Å². The largest absolute Gasteiger partial charge is 0.455 e. The molecule has 11 rings (SSSR count). The topological polar surface area (TPSA) is 250 Å². The highest BCUT2D eigenvalue weighted by atomic mass is 35.5. The molecule has 440 valence electrons. The Morgan fingerprint density at radius 2 is 1.72 bits per heavy atom. The van der Waals surface area contributed by atoms with E-state index in [9.17, 15) is 42.5 Å². The number of aromatic nitrogens is 2. The lowest BCUT2D eigenvalue weighted by Gasteiger charge is -2.39. The van der Waals surface area contributed by atoms with Gasteiger partial charge in [-0.15, -0.1) is 0 Å². The molecule has 5 amide bonds. The molecular weight excluding hydrogens is 1120 g/mol. The van der Waals surface area contributed by atoms with Crippen molar-refractivity contribution in [3.8, 4) is 23.3 Å². The van der Waals surface area contributed by atoms with Gasteiger partial charge >= 0.3 is 0 Å². The Hall–Kier alpha value is -8.58. The van der Waals surface area contributed by atoms with E-state index in [2.05, 4.69) is 72.9 Å². The molecule has 0 radical (unpaired) electrons. The van der Waals surface area contributed by atoms with Crippen LogP contribution in [0, 0.1) is 33.3 Å². The summed E-state index contributed by atoms with van der Waals surface area (Å²) >= 11 is 6.27. The number of piperazine rings is 1. The molecule has 1 unspecified atom stereocenters. The minimum Gasteiger partial charge on any atom is -0.455 e. The van der Waals surface area contributed by atoms with Gasteiger partial charge in [0.1, 0.15) is 28.9 Å². The van der Waals surface area contributed by atoms with Crippen molar-refractivity contribution in [1.82, 2.24) is 34.7 Å². The van der Waals surface area contributed by atoms with Crippen LogP contribution in [-0.4, -0.2) is 126 Å². The molecule has 5 aliphatic rings. The number of fused-ring (bicyclic) bond motifs is 2. The zero-order valence-electron chi connectivity index (χ0n) is 47.2. The maximum atomic E-state index is 14.2. The van der Waals surface area contributed by atoms with E-state index in [1.54, 1.807) is 47.5 Å². The lowest BCUT2D eigenvalue weighted by Crippen LogP contribution is -2.52. The number of pyridine rings is 1. The number of imide groups is 1. The Morgan fingerprint density at radius 1 is 0.929 bits per heavy atom. The molecule has 6 aromatic rings. The second-order valence-electron chi connectivity index (χ2n) is 23.2. The molecule has 4 aliphatic heterocycles. The molecule has 0 spiro atoms. The quantitative estimate of drug-likeness (QED) is 0.0306. The average Bonchev–Trinajstić information content (AvgIpc) is 3.93. The second kappa shape index (κ2) is 24.6. The Kier molecular flexibility index (Phi) is 16.8. The van der Waals surface area contributed by atoms with Crippen LogP contribution in [-0.2, 0) is 31.0 Å². The summed E-state index contributed by atoms with van der Waals surface area (Å²) < 4.78 is 36.4. The lowest BCUT2D eigenvalue weighted by atomic mass is 9.72. The number of carbonyl (C=O) groups excluding carboxylic acids is 5. The number of nitro groups is 1. The second-order valence-corrected chi connectivity index (χ2v) is 25.3. The molecule has 4 aromatic carbocycles. The van der Waals surface area contributed by atoms with Gasteiger partial charge in [-0.3, -0.25) is 44.3 Å². The van der Waals surface area contributed by atoms with Crippen molar-refractivity contribution >= 4 is 84.8 Å². The lowest BCUT2D eigenvalue weighted by molar-refractivity contribution is -0.384. The number of nitro benzene ring substituents is 1. The first-order valence-electron chi connectivity index (χ1n) is 28.7. The highest BCUT2D eigenvalue weighted by Crippen LogP contribution is 2.44. The van der Waals surface area contributed by atoms with E-state index in [1.165, 1.54) is 46.0 Å². The summed E-state index contributed by atoms with van der Waals surface area (Å²) in [6.45, 7) is 9.93. The van der Waals surface area contributed by atoms with Gasteiger partial charge in [-0.05, 0) is 127 Å². The van der Waals surface area contributed by atoms with Crippen molar-refractivity contribution in [3.63, 3.8) is 0 Å². The van der Waals surface area contributed by atoms with Crippen molar-refractivity contribution in [3.05, 3.63) is 152 Å². The number of likely N-dealkylation sites (tertiary alicyclic amines) is 1. The number of allylic oxidation sites excluding steroid dienone is 1. The SMILES string of the molecule is CC1(C)CCC(CN2CCN(c3ccc(C(=O)NS(=O)(=O)c4ccc(NCC5CCN(C(=O)CCC#Cc6cccc7c6CN(C6CCC(=O)NC6=O)C7=O)CC5)c([N+](=O)[O-])c4)c(Oc4cnc5[nH]ccc5c4)c3)CC2)=C(c2ccc(Cl)cc2)C1. The highest BCUT2D eigenvalue weighted by Gasteiger charge is 2.40. The van der Waals surface area contributed by atoms with Gasteiger partial charge in [-0.25, -0.2) is 18.1 Å². The summed E-state index contributed by atoms with van der Waals surface area (Å²) in [7, 11) is -4.67. The molecule has 3 saturated heterocycles. The third kappa shape index (κ3) is 13.2. The number of hydrogen-bond acceptors (Lipinski definition) is 14. The van der Waals surface area contributed by atoms with Crippen LogP contribution < -0.4 is 25.0 Å². The Labute approximate surface area is 497 Å². The van der Waals surface area contributed by atoms with Crippen LogP contribution in [0.4, 0.5) is 17.1 Å². The van der Waals surface area contributed by atoms with Crippen molar-refractivity contribution in [2.45, 2.75) is 89.1 Å². The summed E-state index contributed by atoms with van der Waals surface area (Å²) in [6, 6.07) is 24.6. The first kappa shape index (κ1) is 58.2. The molecular formula is C63H65ClN10O10S. The minimum atomic E-state index is -4.67. The van der Waals surface area contributed by atoms with Crippen molar-refractivity contribution in [2.75, 3.05) is 62.6 Å². The number of nitrogens with zero attached hydrogens (tertiary/aromatic N) is 6. The van der Waals surface area contributed by atoms with Gasteiger partial charge < -0.3 is 29.7 Å². The van der Waals surface area contributed by atoms with Crippen molar-refractivity contribution in [1.29, 1.82) is 0 Å². The van der Waals surface area contributed by atoms with E-state index in [4.69, 9.17) is 16.3 Å². The van der Waals surface area contributed by atoms with Gasteiger partial charge in [0, 0.05) is 124 Å². The number of amides is 5. The number of halogens is 1. The standard InChI is InChI=1S/C63H65ClN10O10S/c1-63(2)24-20-44(51(35-63)42-10-12-45(64)13-11-42)38-70-28-30-71(31-29-70)46-14-16-50(56(33-46)84-47-32-43-21-25-65-59(43)67-37-47)60(77)69-85(82,83)48-15-17-53(55(34-48)74(80)81)66-36-40-22-26-72(27-23-40)58(76)9-4-3-6-41-7-5-8-49-52(41)39-73(62(49)79)54-18-19-57(75)68-61(54)78/h5,7-8,10-17,21,25,32-34,37,40,54,66H,4,9,18-20,22-24,26-31,35-36,38-39H2,1-2H3,(H,65,67)(H,69,77)(H,68,75,78). The molecule has 2 aromatic heterocycles. The zero-order chi connectivity index (χ0) is 59.6. The predicted octanol–water partition coefficient (Wildman–Crippen LogP) is 9.06. The number of ether oxygens (including phenoxy) is 1. The van der Waals surface area contributed by atoms with Gasteiger partial charge in [-0.1, -0.05) is 61.1 Å². The number of sulfonamides is 1. The smallest absolute Gasteiger partial charge is 0.293 e. The van der Waals surface area contributed by atoms with Crippen molar-refractivity contribution < 1.29 is 42.1 Å². The number of anilines is 2. The summed E-state index contributed by atoms with van der Waals surface area (Å²) in [5, 5.41) is 19.4. The van der Waals surface area contributed by atoms with Gasteiger partial charge in [0.2, 0.25) is 17.7 Å². The number of aromatic amines is 1. The molecule has 1 atom stereocenters. The molecule has 6 heterocycles. The third-order valence-electron chi connectivity index (χ3n) is 16.9. The Balaban J connectivity index is 0.698. The van der Waals surface area contributed by atoms with E-state index in [0.29, 0.717) is 78.7 Å². The number of benzene rings is 4. The number of nitrogens with one attached hydrogen (secondary N) is 4. The van der Waals surface area contributed by atoms with Gasteiger partial charge in [0.05, 0.1) is 21.6 Å². The molecule has 85 heavy (non-hydrogen) atoms. The van der Waals surface area contributed by atoms with E-state index in [0.717, 1.165) is 56.0 Å². The number of carbonyl (C=O) groups is 5. The highest BCUT2D eigenvalue weighted by molar-refractivity contribution is 7.90. The fraction of sp³-hybridized carbons (Fsp3) is 0.365. The predicted molar refractivity (Wildman–Crippen MR) is 321 cm³/mol.